The average molecular weight is 247 g/mol. The number of hydrogen-bond acceptors (Lipinski definition) is 3. The highest BCUT2D eigenvalue weighted by atomic mass is 16.2. The molecule has 3 N–H and O–H groups in total. The molecule has 1 amide bonds. The first-order chi connectivity index (χ1) is 8.60. The van der Waals surface area contributed by atoms with Crippen molar-refractivity contribution in [3.8, 4) is 0 Å². The summed E-state index contributed by atoms with van der Waals surface area (Å²) in [4.78, 5) is 13.7. The summed E-state index contributed by atoms with van der Waals surface area (Å²) in [6.07, 6.45) is 1.35. The molecule has 1 fully saturated rings. The summed E-state index contributed by atoms with van der Waals surface area (Å²) in [6, 6.07) is 7.61. The first kappa shape index (κ1) is 13.1. The molecular weight excluding hydrogens is 226 g/mol. The van der Waals surface area contributed by atoms with Gasteiger partial charge in [-0.2, -0.15) is 0 Å². The molecule has 4 nitrogen and oxygen atoms in total. The summed E-state index contributed by atoms with van der Waals surface area (Å²) in [5.74, 6) is 6.62. The lowest BCUT2D eigenvalue weighted by Crippen LogP contribution is -2.30. The zero-order valence-electron chi connectivity index (χ0n) is 11.0. The lowest BCUT2D eigenvalue weighted by atomic mass is 10.1. The van der Waals surface area contributed by atoms with Crippen molar-refractivity contribution in [1.29, 1.82) is 0 Å². The van der Waals surface area contributed by atoms with Gasteiger partial charge in [-0.25, -0.2) is 5.84 Å². The number of nitrogen functional groups attached to an aromatic ring is 1. The largest absolute Gasteiger partial charge is 0.302 e. The van der Waals surface area contributed by atoms with Crippen LogP contribution in [0.25, 0.3) is 0 Å². The Labute approximate surface area is 108 Å². The van der Waals surface area contributed by atoms with Gasteiger partial charge in [-0.1, -0.05) is 19.1 Å². The summed E-state index contributed by atoms with van der Waals surface area (Å²) in [5.41, 5.74) is 3.92. The van der Waals surface area contributed by atoms with Crippen molar-refractivity contribution >= 4 is 5.91 Å². The van der Waals surface area contributed by atoms with Gasteiger partial charge in [0.05, 0.1) is 0 Å². The van der Waals surface area contributed by atoms with Crippen molar-refractivity contribution in [2.45, 2.75) is 19.9 Å². The standard InChI is InChI=1S/C14H21N3O/c1-10-6-13(10)9-17(2)8-11-4-3-5-12(7-11)14(18)16-15/h3-5,7,10,13H,6,8-9,15H2,1-2H3,(H,16,18). The van der Waals surface area contributed by atoms with E-state index in [-0.39, 0.29) is 5.91 Å². The third-order valence-corrected chi connectivity index (χ3v) is 3.60. The van der Waals surface area contributed by atoms with Gasteiger partial charge < -0.3 is 4.90 Å². The molecule has 2 unspecified atom stereocenters. The normalized spacial score (nSPS) is 22.0. The van der Waals surface area contributed by atoms with Crippen molar-refractivity contribution in [3.63, 3.8) is 0 Å². The molecule has 1 aliphatic carbocycles. The highest BCUT2D eigenvalue weighted by molar-refractivity contribution is 5.93. The van der Waals surface area contributed by atoms with Crippen LogP contribution in [0.1, 0.15) is 29.3 Å². The molecule has 2 atom stereocenters. The molecule has 4 heteroatoms. The van der Waals surface area contributed by atoms with Crippen molar-refractivity contribution in [3.05, 3.63) is 35.4 Å². The van der Waals surface area contributed by atoms with Gasteiger partial charge in [-0.15, -0.1) is 0 Å². The molecule has 2 rings (SSSR count). The number of nitrogens with two attached hydrogens (primary N) is 1. The van der Waals surface area contributed by atoms with E-state index >= 15 is 0 Å². The lowest BCUT2D eigenvalue weighted by molar-refractivity contribution is 0.0953. The van der Waals surface area contributed by atoms with E-state index in [1.54, 1.807) is 6.07 Å². The fraction of sp³-hybridized carbons (Fsp3) is 0.500. The van der Waals surface area contributed by atoms with E-state index in [0.717, 1.165) is 30.5 Å². The number of benzene rings is 1. The summed E-state index contributed by atoms with van der Waals surface area (Å²) < 4.78 is 0. The molecule has 0 aromatic heterocycles. The SMILES string of the molecule is CC1CC1CN(C)Cc1cccc(C(=O)NN)c1. The monoisotopic (exact) mass is 247 g/mol. The van der Waals surface area contributed by atoms with Gasteiger partial charge in [0, 0.05) is 18.7 Å². The van der Waals surface area contributed by atoms with Crippen LogP contribution in [0.3, 0.4) is 0 Å². The number of nitrogens with zero attached hydrogens (tertiary/aromatic N) is 1. The first-order valence-corrected chi connectivity index (χ1v) is 6.38. The molecule has 1 aliphatic rings. The molecule has 0 radical (unpaired) electrons. The van der Waals surface area contributed by atoms with E-state index in [0.29, 0.717) is 5.56 Å². The maximum Gasteiger partial charge on any atom is 0.265 e. The Balaban J connectivity index is 1.94. The molecule has 0 heterocycles. The number of amides is 1. The fourth-order valence-electron chi connectivity index (χ4n) is 2.32. The fourth-order valence-corrected chi connectivity index (χ4v) is 2.32. The van der Waals surface area contributed by atoms with E-state index in [4.69, 9.17) is 5.84 Å². The van der Waals surface area contributed by atoms with Crippen molar-refractivity contribution < 1.29 is 4.79 Å². The van der Waals surface area contributed by atoms with Crippen LogP contribution >= 0.6 is 0 Å². The second-order valence-electron chi connectivity index (χ2n) is 5.34. The quantitative estimate of drug-likeness (QED) is 0.469. The summed E-state index contributed by atoms with van der Waals surface area (Å²) in [6.45, 7) is 4.30. The number of rotatable bonds is 5. The molecule has 0 spiro atoms. The van der Waals surface area contributed by atoms with E-state index in [1.165, 1.54) is 6.42 Å². The molecule has 98 valence electrons. The average Bonchev–Trinajstić information content (AvgIpc) is 3.03. The molecule has 1 saturated carbocycles. The Morgan fingerprint density at radius 2 is 2.28 bits per heavy atom. The van der Waals surface area contributed by atoms with Gasteiger partial charge in [-0.3, -0.25) is 10.2 Å². The predicted molar refractivity (Wildman–Crippen MR) is 71.7 cm³/mol. The van der Waals surface area contributed by atoms with Crippen molar-refractivity contribution in [2.75, 3.05) is 13.6 Å². The van der Waals surface area contributed by atoms with E-state index in [2.05, 4.69) is 24.3 Å². The zero-order valence-corrected chi connectivity index (χ0v) is 11.0. The number of hydrogen-bond donors (Lipinski definition) is 2. The smallest absolute Gasteiger partial charge is 0.265 e. The number of carbonyl (C=O) groups is 1. The predicted octanol–water partition coefficient (Wildman–Crippen LogP) is 1.38. The van der Waals surface area contributed by atoms with Crippen molar-refractivity contribution in [2.24, 2.45) is 17.7 Å². The summed E-state index contributed by atoms with van der Waals surface area (Å²) >= 11 is 0. The molecule has 0 saturated heterocycles. The highest BCUT2D eigenvalue weighted by Crippen LogP contribution is 2.38. The van der Waals surface area contributed by atoms with Gasteiger partial charge in [0.15, 0.2) is 0 Å². The van der Waals surface area contributed by atoms with Crippen LogP contribution < -0.4 is 11.3 Å². The Morgan fingerprint density at radius 3 is 2.89 bits per heavy atom. The third kappa shape index (κ3) is 3.31. The zero-order chi connectivity index (χ0) is 13.1. The Kier molecular flexibility index (Phi) is 3.99. The van der Waals surface area contributed by atoms with Gasteiger partial charge in [0.1, 0.15) is 0 Å². The second-order valence-corrected chi connectivity index (χ2v) is 5.34. The summed E-state index contributed by atoms with van der Waals surface area (Å²) in [7, 11) is 2.13. The van der Waals surface area contributed by atoms with Gasteiger partial charge >= 0.3 is 0 Å². The van der Waals surface area contributed by atoms with Crippen LogP contribution in [0.5, 0.6) is 0 Å². The van der Waals surface area contributed by atoms with E-state index in [1.807, 2.05) is 18.2 Å². The van der Waals surface area contributed by atoms with Crippen LogP contribution in [0.15, 0.2) is 24.3 Å². The Morgan fingerprint density at radius 1 is 1.56 bits per heavy atom. The Bertz CT molecular complexity index is 433. The molecule has 0 bridgehead atoms. The second kappa shape index (κ2) is 5.50. The van der Waals surface area contributed by atoms with Gasteiger partial charge in [-0.05, 0) is 43.0 Å². The topological polar surface area (TPSA) is 58.4 Å². The minimum Gasteiger partial charge on any atom is -0.302 e. The lowest BCUT2D eigenvalue weighted by Gasteiger charge is -2.16. The molecule has 18 heavy (non-hydrogen) atoms. The van der Waals surface area contributed by atoms with E-state index < -0.39 is 0 Å². The maximum atomic E-state index is 11.4. The number of nitrogens with one attached hydrogen (secondary N) is 1. The Hall–Kier alpha value is -1.39. The van der Waals surface area contributed by atoms with Crippen LogP contribution in [-0.4, -0.2) is 24.4 Å². The molecular formula is C14H21N3O. The molecule has 1 aromatic carbocycles. The van der Waals surface area contributed by atoms with E-state index in [9.17, 15) is 4.79 Å². The summed E-state index contributed by atoms with van der Waals surface area (Å²) in [5, 5.41) is 0. The minimum absolute atomic E-state index is 0.240. The number of carbonyl (C=O) groups excluding carboxylic acids is 1. The van der Waals surface area contributed by atoms with Gasteiger partial charge in [0.2, 0.25) is 0 Å². The molecule has 0 aliphatic heterocycles. The third-order valence-electron chi connectivity index (χ3n) is 3.60. The highest BCUT2D eigenvalue weighted by Gasteiger charge is 2.32. The molecule has 1 aromatic rings. The number of hydrazine groups is 1. The van der Waals surface area contributed by atoms with Crippen LogP contribution in [-0.2, 0) is 6.54 Å². The van der Waals surface area contributed by atoms with Crippen LogP contribution in [0.4, 0.5) is 0 Å². The maximum absolute atomic E-state index is 11.4. The van der Waals surface area contributed by atoms with Crippen LogP contribution in [0, 0.1) is 11.8 Å². The van der Waals surface area contributed by atoms with Crippen molar-refractivity contribution in [1.82, 2.24) is 10.3 Å². The van der Waals surface area contributed by atoms with Crippen LogP contribution in [0.2, 0.25) is 0 Å². The minimum atomic E-state index is -0.240. The first-order valence-electron chi connectivity index (χ1n) is 6.38. The van der Waals surface area contributed by atoms with Gasteiger partial charge in [0.25, 0.3) is 5.91 Å².